The van der Waals surface area contributed by atoms with Gasteiger partial charge in [-0.3, -0.25) is 4.79 Å². The van der Waals surface area contributed by atoms with Crippen LogP contribution in [0.3, 0.4) is 0 Å². The summed E-state index contributed by atoms with van der Waals surface area (Å²) >= 11 is 0. The maximum Gasteiger partial charge on any atom is 0.339 e. The Bertz CT molecular complexity index is 761. The molecule has 5 nitrogen and oxygen atoms in total. The monoisotopic (exact) mass is 341 g/mol. The van der Waals surface area contributed by atoms with Crippen molar-refractivity contribution in [2.75, 3.05) is 0 Å². The molecule has 1 aromatic heterocycles. The molecule has 1 N–H and O–H groups in total. The van der Waals surface area contributed by atoms with Gasteiger partial charge in [0, 0.05) is 25.1 Å². The van der Waals surface area contributed by atoms with Crippen LogP contribution >= 0.6 is 0 Å². The predicted molar refractivity (Wildman–Crippen MR) is 93.5 cm³/mol. The summed E-state index contributed by atoms with van der Waals surface area (Å²) in [6.45, 7) is 4.36. The van der Waals surface area contributed by atoms with Crippen molar-refractivity contribution in [3.8, 4) is 0 Å². The van der Waals surface area contributed by atoms with Gasteiger partial charge in [-0.1, -0.05) is 37.3 Å². The Kier molecular flexibility index (Phi) is 4.93. The molecule has 0 bridgehead atoms. The van der Waals surface area contributed by atoms with Gasteiger partial charge in [-0.15, -0.1) is 0 Å². The summed E-state index contributed by atoms with van der Waals surface area (Å²) in [5.41, 5.74) is 1.12. The number of rotatable bonds is 7. The lowest BCUT2D eigenvalue weighted by atomic mass is 10.1. The zero-order valence-electron chi connectivity index (χ0n) is 14.6. The first-order valence-electron chi connectivity index (χ1n) is 8.72. The number of aryl methyl sites for hydroxylation is 1. The van der Waals surface area contributed by atoms with Gasteiger partial charge in [0.15, 0.2) is 5.76 Å². The summed E-state index contributed by atoms with van der Waals surface area (Å²) in [7, 11) is 0. The van der Waals surface area contributed by atoms with E-state index >= 15 is 0 Å². The number of carboxylic acids is 1. The minimum atomic E-state index is -1.07. The van der Waals surface area contributed by atoms with Crippen LogP contribution in [0.25, 0.3) is 0 Å². The molecular weight excluding hydrogens is 318 g/mol. The number of carbonyl (C=O) groups is 2. The molecule has 25 heavy (non-hydrogen) atoms. The fourth-order valence-corrected chi connectivity index (χ4v) is 3.13. The highest BCUT2D eigenvalue weighted by Crippen LogP contribution is 2.36. The van der Waals surface area contributed by atoms with Crippen LogP contribution in [-0.4, -0.2) is 27.9 Å². The van der Waals surface area contributed by atoms with E-state index in [9.17, 15) is 14.7 Å². The second-order valence-electron chi connectivity index (χ2n) is 6.60. The van der Waals surface area contributed by atoms with Gasteiger partial charge < -0.3 is 14.4 Å². The summed E-state index contributed by atoms with van der Waals surface area (Å²) in [4.78, 5) is 26.2. The number of hydrogen-bond donors (Lipinski definition) is 1. The molecule has 1 unspecified atom stereocenters. The van der Waals surface area contributed by atoms with Crippen molar-refractivity contribution in [3.63, 3.8) is 0 Å². The third-order valence-corrected chi connectivity index (χ3v) is 4.82. The van der Waals surface area contributed by atoms with Gasteiger partial charge in [0.2, 0.25) is 0 Å². The third-order valence-electron chi connectivity index (χ3n) is 4.82. The van der Waals surface area contributed by atoms with Crippen molar-refractivity contribution in [1.82, 2.24) is 4.90 Å². The minimum Gasteiger partial charge on any atom is -0.478 e. The van der Waals surface area contributed by atoms with E-state index in [1.165, 1.54) is 6.07 Å². The molecular formula is C20H23NO4. The lowest BCUT2D eigenvalue weighted by Crippen LogP contribution is -2.39. The number of furan rings is 1. The molecule has 1 aliphatic carbocycles. The second kappa shape index (κ2) is 7.13. The highest BCUT2D eigenvalue weighted by Gasteiger charge is 2.36. The minimum absolute atomic E-state index is 0.0737. The van der Waals surface area contributed by atoms with Crippen LogP contribution in [0.4, 0.5) is 0 Å². The van der Waals surface area contributed by atoms with E-state index in [4.69, 9.17) is 4.42 Å². The number of amides is 1. The summed E-state index contributed by atoms with van der Waals surface area (Å²) in [6, 6.07) is 11.3. The first kappa shape index (κ1) is 17.3. The van der Waals surface area contributed by atoms with Gasteiger partial charge in [-0.05, 0) is 31.2 Å². The van der Waals surface area contributed by atoms with Gasteiger partial charge in [0.1, 0.15) is 11.3 Å². The highest BCUT2D eigenvalue weighted by molar-refractivity contribution is 5.96. The van der Waals surface area contributed by atoms with Crippen molar-refractivity contribution >= 4 is 11.9 Å². The van der Waals surface area contributed by atoms with E-state index in [1.807, 2.05) is 37.3 Å². The first-order valence-corrected chi connectivity index (χ1v) is 8.72. The Labute approximate surface area is 147 Å². The SMILES string of the molecule is CCc1oc(C(=O)N(Cc2ccccc2)C(C)C2CC2)cc1C(=O)O. The predicted octanol–water partition coefficient (Wildman–Crippen LogP) is 3.98. The molecule has 3 rings (SSSR count). The molecule has 1 aromatic carbocycles. The number of nitrogens with zero attached hydrogens (tertiary/aromatic N) is 1. The van der Waals surface area contributed by atoms with E-state index in [0.717, 1.165) is 18.4 Å². The van der Waals surface area contributed by atoms with Crippen LogP contribution in [0.5, 0.6) is 0 Å². The maximum absolute atomic E-state index is 13.1. The molecule has 1 amide bonds. The van der Waals surface area contributed by atoms with Crippen LogP contribution in [0, 0.1) is 5.92 Å². The molecule has 1 fully saturated rings. The fourth-order valence-electron chi connectivity index (χ4n) is 3.13. The van der Waals surface area contributed by atoms with Crippen molar-refractivity contribution in [1.29, 1.82) is 0 Å². The molecule has 132 valence electrons. The van der Waals surface area contributed by atoms with Crippen LogP contribution < -0.4 is 0 Å². The average molecular weight is 341 g/mol. The van der Waals surface area contributed by atoms with Crippen molar-refractivity contribution in [2.24, 2.45) is 5.92 Å². The molecule has 1 heterocycles. The molecule has 1 saturated carbocycles. The summed E-state index contributed by atoms with van der Waals surface area (Å²) in [5, 5.41) is 9.29. The number of benzene rings is 1. The Morgan fingerprint density at radius 3 is 2.48 bits per heavy atom. The number of hydrogen-bond acceptors (Lipinski definition) is 3. The quantitative estimate of drug-likeness (QED) is 0.827. The van der Waals surface area contributed by atoms with E-state index in [0.29, 0.717) is 24.6 Å². The fraction of sp³-hybridized carbons (Fsp3) is 0.400. The summed E-state index contributed by atoms with van der Waals surface area (Å²) < 4.78 is 5.58. The van der Waals surface area contributed by atoms with Gasteiger partial charge in [-0.2, -0.15) is 0 Å². The van der Waals surface area contributed by atoms with Crippen LogP contribution in [0.1, 0.15) is 58.9 Å². The van der Waals surface area contributed by atoms with Crippen molar-refractivity contribution < 1.29 is 19.1 Å². The zero-order chi connectivity index (χ0) is 18.0. The molecule has 0 radical (unpaired) electrons. The normalized spacial score (nSPS) is 15.0. The van der Waals surface area contributed by atoms with Crippen LogP contribution in [0.15, 0.2) is 40.8 Å². The second-order valence-corrected chi connectivity index (χ2v) is 6.60. The summed E-state index contributed by atoms with van der Waals surface area (Å²) in [5.74, 6) is -0.352. The van der Waals surface area contributed by atoms with Crippen molar-refractivity contribution in [3.05, 3.63) is 59.0 Å². The topological polar surface area (TPSA) is 70.8 Å². The standard InChI is InChI=1S/C20H23NO4/c1-3-17-16(20(23)24)11-18(25-17)19(22)21(13(2)15-9-10-15)12-14-7-5-4-6-8-14/h4-8,11,13,15H,3,9-10,12H2,1-2H3,(H,23,24). The van der Waals surface area contributed by atoms with E-state index < -0.39 is 5.97 Å². The van der Waals surface area contributed by atoms with Gasteiger partial charge >= 0.3 is 5.97 Å². The van der Waals surface area contributed by atoms with Crippen LogP contribution in [0.2, 0.25) is 0 Å². The molecule has 0 spiro atoms. The van der Waals surface area contributed by atoms with E-state index in [2.05, 4.69) is 6.92 Å². The zero-order valence-corrected chi connectivity index (χ0v) is 14.6. The Morgan fingerprint density at radius 1 is 1.28 bits per heavy atom. The lowest BCUT2D eigenvalue weighted by Gasteiger charge is -2.29. The number of aromatic carboxylic acids is 1. The molecule has 2 aromatic rings. The number of carbonyl (C=O) groups excluding carboxylic acids is 1. The van der Waals surface area contributed by atoms with Gasteiger partial charge in [-0.25, -0.2) is 4.79 Å². The molecule has 0 saturated heterocycles. The molecule has 1 atom stereocenters. The molecule has 5 heteroatoms. The Morgan fingerprint density at radius 2 is 1.96 bits per heavy atom. The average Bonchev–Trinajstić information content (AvgIpc) is 3.37. The Hall–Kier alpha value is -2.56. The number of carboxylic acid groups (broad SMARTS) is 1. The van der Waals surface area contributed by atoms with Crippen LogP contribution in [-0.2, 0) is 13.0 Å². The third kappa shape index (κ3) is 3.76. The molecule has 1 aliphatic rings. The van der Waals surface area contributed by atoms with E-state index in [-0.39, 0.29) is 23.3 Å². The Balaban J connectivity index is 1.89. The smallest absolute Gasteiger partial charge is 0.339 e. The first-order chi connectivity index (χ1) is 12.0. The molecule has 0 aliphatic heterocycles. The lowest BCUT2D eigenvalue weighted by molar-refractivity contribution is 0.0618. The van der Waals surface area contributed by atoms with Gasteiger partial charge in [0.05, 0.1) is 0 Å². The maximum atomic E-state index is 13.1. The van der Waals surface area contributed by atoms with Crippen molar-refractivity contribution in [2.45, 2.75) is 45.7 Å². The largest absolute Gasteiger partial charge is 0.478 e. The van der Waals surface area contributed by atoms with Gasteiger partial charge in [0.25, 0.3) is 5.91 Å². The van der Waals surface area contributed by atoms with E-state index in [1.54, 1.807) is 4.90 Å². The highest BCUT2D eigenvalue weighted by atomic mass is 16.4. The summed E-state index contributed by atoms with van der Waals surface area (Å²) in [6.07, 6.45) is 2.68.